The Morgan fingerprint density at radius 1 is 1.11 bits per heavy atom. The van der Waals surface area contributed by atoms with Crippen LogP contribution in [0.3, 0.4) is 0 Å². The lowest BCUT2D eigenvalue weighted by Gasteiger charge is -2.13. The summed E-state index contributed by atoms with van der Waals surface area (Å²) in [6.07, 6.45) is 1.01. The fraction of sp³-hybridized carbons (Fsp3) is 0.250. The van der Waals surface area contributed by atoms with Crippen LogP contribution in [0.2, 0.25) is 0 Å². The molecule has 0 aliphatic rings. The van der Waals surface area contributed by atoms with Crippen LogP contribution in [-0.4, -0.2) is 18.2 Å². The van der Waals surface area contributed by atoms with Gasteiger partial charge in [0.05, 0.1) is 0 Å². The Labute approximate surface area is 118 Å². The maximum Gasteiger partial charge on any atom is 0.115 e. The lowest BCUT2D eigenvalue weighted by molar-refractivity contribution is 0.475. The highest BCUT2D eigenvalue weighted by molar-refractivity contribution is 7.99. The molecule has 0 spiro atoms. The Balaban J connectivity index is 2.17. The molecule has 0 radical (unpaired) electrons. The van der Waals surface area contributed by atoms with Crippen LogP contribution in [0.15, 0.2) is 58.3 Å². The molecule has 2 rings (SSSR count). The fourth-order valence-corrected chi connectivity index (χ4v) is 2.80. The molecule has 0 unspecified atom stereocenters. The van der Waals surface area contributed by atoms with E-state index in [0.29, 0.717) is 11.8 Å². The molecule has 100 valence electrons. The van der Waals surface area contributed by atoms with Crippen LogP contribution in [0.4, 0.5) is 0 Å². The number of phenolic OH excluding ortho intramolecular Hbond substituents is 1. The zero-order valence-corrected chi connectivity index (χ0v) is 12.1. The number of aromatic hydroxyl groups is 1. The molecule has 0 amide bonds. The van der Waals surface area contributed by atoms with Crippen molar-refractivity contribution in [3.63, 3.8) is 0 Å². The molecule has 19 heavy (non-hydrogen) atoms. The molecule has 0 saturated heterocycles. The van der Waals surface area contributed by atoms with Crippen molar-refractivity contribution in [1.82, 2.24) is 5.32 Å². The van der Waals surface area contributed by atoms with Gasteiger partial charge >= 0.3 is 0 Å². The van der Waals surface area contributed by atoms with E-state index in [-0.39, 0.29) is 0 Å². The molecule has 0 heterocycles. The van der Waals surface area contributed by atoms with Gasteiger partial charge in [-0.15, -0.1) is 0 Å². The first-order chi connectivity index (χ1) is 9.19. The maximum atomic E-state index is 9.31. The molecule has 3 heteroatoms. The van der Waals surface area contributed by atoms with Crippen LogP contribution >= 0.6 is 11.8 Å². The van der Waals surface area contributed by atoms with Crippen LogP contribution in [0.25, 0.3) is 0 Å². The lowest BCUT2D eigenvalue weighted by Crippen LogP contribution is -2.23. The Bertz CT molecular complexity index is 525. The third-order valence-electron chi connectivity index (χ3n) is 3.06. The molecule has 2 N–H and O–H groups in total. The summed E-state index contributed by atoms with van der Waals surface area (Å²) in [5.74, 6) is 0.307. The number of rotatable bonds is 5. The van der Waals surface area contributed by atoms with E-state index in [1.54, 1.807) is 23.9 Å². The number of hydrogen-bond acceptors (Lipinski definition) is 3. The topological polar surface area (TPSA) is 32.3 Å². The predicted molar refractivity (Wildman–Crippen MR) is 80.9 cm³/mol. The molecule has 0 fully saturated rings. The van der Waals surface area contributed by atoms with E-state index in [1.165, 1.54) is 10.5 Å². The third-order valence-corrected chi connectivity index (χ3v) is 4.18. The normalized spacial score (nSPS) is 12.3. The van der Waals surface area contributed by atoms with Crippen LogP contribution < -0.4 is 5.32 Å². The first-order valence-electron chi connectivity index (χ1n) is 6.41. The van der Waals surface area contributed by atoms with Crippen LogP contribution in [0.5, 0.6) is 5.75 Å². The second kappa shape index (κ2) is 6.64. The van der Waals surface area contributed by atoms with Crippen molar-refractivity contribution in [2.45, 2.75) is 29.2 Å². The van der Waals surface area contributed by atoms with Gasteiger partial charge in [0.25, 0.3) is 0 Å². The summed E-state index contributed by atoms with van der Waals surface area (Å²) in [5.41, 5.74) is 1.35. The van der Waals surface area contributed by atoms with Crippen LogP contribution in [0.1, 0.15) is 12.5 Å². The summed E-state index contributed by atoms with van der Waals surface area (Å²) in [4.78, 5) is 2.41. The fourth-order valence-electron chi connectivity index (χ4n) is 1.85. The van der Waals surface area contributed by atoms with E-state index in [9.17, 15) is 5.11 Å². The highest BCUT2D eigenvalue weighted by Crippen LogP contribution is 2.31. The van der Waals surface area contributed by atoms with Gasteiger partial charge in [-0.05, 0) is 56.3 Å². The number of likely N-dealkylation sites (N-methyl/N-ethyl adjacent to an activating group) is 1. The van der Waals surface area contributed by atoms with Crippen molar-refractivity contribution in [1.29, 1.82) is 0 Å². The van der Waals surface area contributed by atoms with Crippen LogP contribution in [-0.2, 0) is 6.42 Å². The standard InChI is InChI=1S/C16H19NOS/c1-12(17-2)11-13-5-3-4-6-16(13)19-15-9-7-14(18)8-10-15/h3-10,12,17-18H,11H2,1-2H3/t12-/m1/s1. The van der Waals surface area contributed by atoms with Crippen molar-refractivity contribution in [3.8, 4) is 5.75 Å². The van der Waals surface area contributed by atoms with Gasteiger partial charge < -0.3 is 10.4 Å². The summed E-state index contributed by atoms with van der Waals surface area (Å²) in [6.45, 7) is 2.18. The van der Waals surface area contributed by atoms with E-state index in [0.717, 1.165) is 11.3 Å². The molecular formula is C16H19NOS. The Morgan fingerprint density at radius 3 is 2.47 bits per heavy atom. The average Bonchev–Trinajstić information content (AvgIpc) is 2.43. The Kier molecular flexibility index (Phi) is 4.88. The monoisotopic (exact) mass is 273 g/mol. The average molecular weight is 273 g/mol. The first-order valence-corrected chi connectivity index (χ1v) is 7.22. The minimum absolute atomic E-state index is 0.307. The Hall–Kier alpha value is -1.45. The quantitative estimate of drug-likeness (QED) is 0.871. The molecule has 0 aliphatic heterocycles. The van der Waals surface area contributed by atoms with Crippen molar-refractivity contribution in [2.75, 3.05) is 7.05 Å². The van der Waals surface area contributed by atoms with Gasteiger partial charge in [0, 0.05) is 15.8 Å². The second-order valence-electron chi connectivity index (χ2n) is 4.60. The van der Waals surface area contributed by atoms with Gasteiger partial charge in [-0.1, -0.05) is 30.0 Å². The van der Waals surface area contributed by atoms with E-state index in [1.807, 2.05) is 19.2 Å². The van der Waals surface area contributed by atoms with Crippen molar-refractivity contribution < 1.29 is 5.11 Å². The number of nitrogens with one attached hydrogen (secondary N) is 1. The minimum atomic E-state index is 0.307. The SMILES string of the molecule is CN[C@H](C)Cc1ccccc1Sc1ccc(O)cc1. The van der Waals surface area contributed by atoms with Gasteiger partial charge in [0.2, 0.25) is 0 Å². The first kappa shape index (κ1) is 14.0. The van der Waals surface area contributed by atoms with E-state index in [4.69, 9.17) is 0 Å². The number of benzene rings is 2. The molecule has 2 aromatic rings. The highest BCUT2D eigenvalue weighted by atomic mass is 32.2. The van der Waals surface area contributed by atoms with Crippen molar-refractivity contribution >= 4 is 11.8 Å². The highest BCUT2D eigenvalue weighted by Gasteiger charge is 2.07. The van der Waals surface area contributed by atoms with Gasteiger partial charge in [-0.25, -0.2) is 0 Å². The van der Waals surface area contributed by atoms with Gasteiger partial charge in [-0.3, -0.25) is 0 Å². The number of hydrogen-bond donors (Lipinski definition) is 2. The summed E-state index contributed by atoms with van der Waals surface area (Å²) in [7, 11) is 1.99. The molecule has 0 aliphatic carbocycles. The van der Waals surface area contributed by atoms with Crippen LogP contribution in [0, 0.1) is 0 Å². The smallest absolute Gasteiger partial charge is 0.115 e. The minimum Gasteiger partial charge on any atom is -0.508 e. The zero-order chi connectivity index (χ0) is 13.7. The van der Waals surface area contributed by atoms with E-state index >= 15 is 0 Å². The zero-order valence-electron chi connectivity index (χ0n) is 11.3. The molecule has 0 aromatic heterocycles. The van der Waals surface area contributed by atoms with Crippen molar-refractivity contribution in [2.24, 2.45) is 0 Å². The number of phenols is 1. The van der Waals surface area contributed by atoms with Gasteiger partial charge in [0.1, 0.15) is 5.75 Å². The predicted octanol–water partition coefficient (Wildman–Crippen LogP) is 3.69. The molecule has 0 saturated carbocycles. The molecule has 2 nitrogen and oxygen atoms in total. The van der Waals surface area contributed by atoms with Gasteiger partial charge in [-0.2, -0.15) is 0 Å². The van der Waals surface area contributed by atoms with Crippen molar-refractivity contribution in [3.05, 3.63) is 54.1 Å². The van der Waals surface area contributed by atoms with Gasteiger partial charge in [0.15, 0.2) is 0 Å². The summed E-state index contributed by atoms with van der Waals surface area (Å²) in [5, 5.41) is 12.6. The summed E-state index contributed by atoms with van der Waals surface area (Å²) < 4.78 is 0. The summed E-state index contributed by atoms with van der Waals surface area (Å²) >= 11 is 1.74. The molecule has 1 atom stereocenters. The Morgan fingerprint density at radius 2 is 1.79 bits per heavy atom. The van der Waals surface area contributed by atoms with E-state index in [2.05, 4.69) is 36.5 Å². The molecule has 0 bridgehead atoms. The molecule has 2 aromatic carbocycles. The van der Waals surface area contributed by atoms with E-state index < -0.39 is 0 Å². The summed E-state index contributed by atoms with van der Waals surface area (Å²) in [6, 6.07) is 16.3. The third kappa shape index (κ3) is 4.01. The molecular weight excluding hydrogens is 254 g/mol. The lowest BCUT2D eigenvalue weighted by atomic mass is 10.1. The second-order valence-corrected chi connectivity index (χ2v) is 5.71. The largest absolute Gasteiger partial charge is 0.508 e. The maximum absolute atomic E-state index is 9.31.